The zero-order chi connectivity index (χ0) is 12.3. The summed E-state index contributed by atoms with van der Waals surface area (Å²) in [5.74, 6) is 0.599. The zero-order valence-corrected chi connectivity index (χ0v) is 10.3. The number of nitriles is 1. The molecule has 3 heteroatoms. The highest BCUT2D eigenvalue weighted by Gasteiger charge is 2.24. The number of rotatable bonds is 2. The van der Waals surface area contributed by atoms with E-state index in [0.717, 1.165) is 13.1 Å². The Labute approximate surface area is 103 Å². The summed E-state index contributed by atoms with van der Waals surface area (Å²) in [4.78, 5) is 2.40. The Morgan fingerprint density at radius 2 is 2.06 bits per heavy atom. The highest BCUT2D eigenvalue weighted by atomic mass is 15.2. The van der Waals surface area contributed by atoms with E-state index in [9.17, 15) is 0 Å². The van der Waals surface area contributed by atoms with Crippen LogP contribution in [0.1, 0.15) is 25.3 Å². The fourth-order valence-electron chi connectivity index (χ4n) is 2.46. The second kappa shape index (κ2) is 5.20. The van der Waals surface area contributed by atoms with Crippen LogP contribution in [0.15, 0.2) is 24.3 Å². The molecule has 0 bridgehead atoms. The van der Waals surface area contributed by atoms with Gasteiger partial charge in [-0.1, -0.05) is 0 Å². The van der Waals surface area contributed by atoms with Gasteiger partial charge in [-0.25, -0.2) is 0 Å². The van der Waals surface area contributed by atoms with Crippen LogP contribution in [0.2, 0.25) is 0 Å². The van der Waals surface area contributed by atoms with Crippen LogP contribution in [-0.4, -0.2) is 19.1 Å². The first kappa shape index (κ1) is 11.9. The van der Waals surface area contributed by atoms with Crippen LogP contribution < -0.4 is 10.6 Å². The molecule has 1 heterocycles. The molecule has 0 amide bonds. The van der Waals surface area contributed by atoms with Crippen LogP contribution in [0.4, 0.5) is 5.69 Å². The van der Waals surface area contributed by atoms with Crippen molar-refractivity contribution in [2.24, 2.45) is 11.7 Å². The van der Waals surface area contributed by atoms with E-state index in [-0.39, 0.29) is 0 Å². The minimum absolute atomic E-state index is 0.561. The Kier molecular flexibility index (Phi) is 3.65. The minimum atomic E-state index is 0.561. The molecular weight excluding hydrogens is 210 g/mol. The summed E-state index contributed by atoms with van der Waals surface area (Å²) in [5, 5.41) is 8.79. The fraction of sp³-hybridized carbons (Fsp3) is 0.500. The number of nitrogens with zero attached hydrogens (tertiary/aromatic N) is 2. The maximum atomic E-state index is 8.79. The molecule has 2 unspecified atom stereocenters. The fourth-order valence-corrected chi connectivity index (χ4v) is 2.46. The molecule has 1 aromatic rings. The van der Waals surface area contributed by atoms with Crippen molar-refractivity contribution in [2.75, 3.05) is 18.0 Å². The van der Waals surface area contributed by atoms with Gasteiger partial charge in [0, 0.05) is 18.3 Å². The van der Waals surface area contributed by atoms with Crippen molar-refractivity contribution in [2.45, 2.75) is 25.8 Å². The van der Waals surface area contributed by atoms with Crippen LogP contribution in [0.5, 0.6) is 0 Å². The van der Waals surface area contributed by atoms with Crippen LogP contribution in [0.3, 0.4) is 0 Å². The predicted molar refractivity (Wildman–Crippen MR) is 69.7 cm³/mol. The SMILES string of the molecule is CC1CCC(CN)CN1c1ccc(C#N)cc1. The van der Waals surface area contributed by atoms with Gasteiger partial charge in [-0.3, -0.25) is 0 Å². The van der Waals surface area contributed by atoms with Gasteiger partial charge >= 0.3 is 0 Å². The van der Waals surface area contributed by atoms with E-state index in [1.165, 1.54) is 18.5 Å². The molecule has 1 aliphatic rings. The van der Waals surface area contributed by atoms with E-state index in [1.807, 2.05) is 24.3 Å². The van der Waals surface area contributed by atoms with Crippen molar-refractivity contribution in [3.8, 4) is 6.07 Å². The molecule has 90 valence electrons. The van der Waals surface area contributed by atoms with Gasteiger partial charge < -0.3 is 10.6 Å². The molecule has 2 rings (SSSR count). The van der Waals surface area contributed by atoms with Crippen molar-refractivity contribution in [3.63, 3.8) is 0 Å². The summed E-state index contributed by atoms with van der Waals surface area (Å²) in [6, 6.07) is 10.5. The molecule has 0 radical (unpaired) electrons. The molecule has 17 heavy (non-hydrogen) atoms. The summed E-state index contributed by atoms with van der Waals surface area (Å²) < 4.78 is 0. The lowest BCUT2D eigenvalue weighted by atomic mass is 9.93. The number of nitrogens with two attached hydrogens (primary N) is 1. The van der Waals surface area contributed by atoms with Crippen molar-refractivity contribution in [1.82, 2.24) is 0 Å². The van der Waals surface area contributed by atoms with E-state index < -0.39 is 0 Å². The summed E-state index contributed by atoms with van der Waals surface area (Å²) in [7, 11) is 0. The number of benzene rings is 1. The first-order chi connectivity index (χ1) is 8.24. The maximum absolute atomic E-state index is 8.79. The number of hydrogen-bond donors (Lipinski definition) is 1. The standard InChI is InChI=1S/C14H19N3/c1-11-2-3-13(9-16)10-17(11)14-6-4-12(8-15)5-7-14/h4-7,11,13H,2-3,9-10,16H2,1H3. The van der Waals surface area contributed by atoms with E-state index in [2.05, 4.69) is 17.9 Å². The summed E-state index contributed by atoms with van der Waals surface area (Å²) >= 11 is 0. The summed E-state index contributed by atoms with van der Waals surface area (Å²) in [5.41, 5.74) is 7.68. The lowest BCUT2D eigenvalue weighted by Crippen LogP contribution is -2.43. The van der Waals surface area contributed by atoms with Gasteiger partial charge in [-0.15, -0.1) is 0 Å². The van der Waals surface area contributed by atoms with Gasteiger partial charge in [0.1, 0.15) is 0 Å². The average molecular weight is 229 g/mol. The van der Waals surface area contributed by atoms with Crippen molar-refractivity contribution in [1.29, 1.82) is 5.26 Å². The summed E-state index contributed by atoms with van der Waals surface area (Å²) in [6.45, 7) is 4.05. The molecule has 1 saturated heterocycles. The maximum Gasteiger partial charge on any atom is 0.0991 e. The third-order valence-corrected chi connectivity index (χ3v) is 3.64. The Bertz CT molecular complexity index is 404. The van der Waals surface area contributed by atoms with E-state index in [1.54, 1.807) is 0 Å². The normalized spacial score (nSPS) is 24.4. The van der Waals surface area contributed by atoms with E-state index in [0.29, 0.717) is 17.5 Å². The molecule has 0 aromatic heterocycles. The van der Waals surface area contributed by atoms with Gasteiger partial charge in [-0.2, -0.15) is 5.26 Å². The third-order valence-electron chi connectivity index (χ3n) is 3.64. The Balaban J connectivity index is 2.16. The van der Waals surface area contributed by atoms with Crippen LogP contribution >= 0.6 is 0 Å². The molecule has 1 fully saturated rings. The Hall–Kier alpha value is -1.53. The van der Waals surface area contributed by atoms with E-state index >= 15 is 0 Å². The van der Waals surface area contributed by atoms with Gasteiger partial charge in [0.25, 0.3) is 0 Å². The zero-order valence-electron chi connectivity index (χ0n) is 10.3. The topological polar surface area (TPSA) is 53.0 Å². The largest absolute Gasteiger partial charge is 0.369 e. The minimum Gasteiger partial charge on any atom is -0.369 e. The van der Waals surface area contributed by atoms with Gasteiger partial charge in [-0.05, 0) is 56.5 Å². The van der Waals surface area contributed by atoms with Gasteiger partial charge in [0.2, 0.25) is 0 Å². The molecule has 0 spiro atoms. The van der Waals surface area contributed by atoms with Gasteiger partial charge in [0.15, 0.2) is 0 Å². The quantitative estimate of drug-likeness (QED) is 0.845. The Morgan fingerprint density at radius 3 is 2.65 bits per heavy atom. The molecule has 2 N–H and O–H groups in total. The average Bonchev–Trinajstić information content (AvgIpc) is 2.39. The molecule has 1 aliphatic heterocycles. The highest BCUT2D eigenvalue weighted by molar-refractivity contribution is 5.50. The molecule has 3 nitrogen and oxygen atoms in total. The van der Waals surface area contributed by atoms with Crippen LogP contribution in [0, 0.1) is 17.2 Å². The molecule has 0 saturated carbocycles. The summed E-state index contributed by atoms with van der Waals surface area (Å²) in [6.07, 6.45) is 2.42. The highest BCUT2D eigenvalue weighted by Crippen LogP contribution is 2.27. The lowest BCUT2D eigenvalue weighted by molar-refractivity contribution is 0.374. The van der Waals surface area contributed by atoms with Gasteiger partial charge in [0.05, 0.1) is 11.6 Å². The molecule has 2 atom stereocenters. The molecule has 0 aliphatic carbocycles. The van der Waals surface area contributed by atoms with Crippen LogP contribution in [-0.2, 0) is 0 Å². The van der Waals surface area contributed by atoms with Crippen molar-refractivity contribution < 1.29 is 0 Å². The molecule has 1 aromatic carbocycles. The second-order valence-corrected chi connectivity index (χ2v) is 4.84. The van der Waals surface area contributed by atoms with Crippen molar-refractivity contribution in [3.05, 3.63) is 29.8 Å². The first-order valence-electron chi connectivity index (χ1n) is 6.21. The molecular formula is C14H19N3. The van der Waals surface area contributed by atoms with E-state index in [4.69, 9.17) is 11.0 Å². The number of piperidine rings is 1. The predicted octanol–water partition coefficient (Wildman–Crippen LogP) is 2.12. The second-order valence-electron chi connectivity index (χ2n) is 4.84. The van der Waals surface area contributed by atoms with Crippen LogP contribution in [0.25, 0.3) is 0 Å². The monoisotopic (exact) mass is 229 g/mol. The number of anilines is 1. The first-order valence-corrected chi connectivity index (χ1v) is 6.21. The Morgan fingerprint density at radius 1 is 1.35 bits per heavy atom. The third kappa shape index (κ3) is 2.59. The smallest absolute Gasteiger partial charge is 0.0991 e. The lowest BCUT2D eigenvalue weighted by Gasteiger charge is -2.39. The van der Waals surface area contributed by atoms with Crippen molar-refractivity contribution >= 4 is 5.69 Å². The number of hydrogen-bond acceptors (Lipinski definition) is 3.